The molecule has 3 rings (SSSR count). The van der Waals surface area contributed by atoms with Crippen LogP contribution >= 0.6 is 11.8 Å². The number of hydrogen-bond donors (Lipinski definition) is 3. The number of carbonyl (C=O) groups excluding carboxylic acids is 1. The predicted molar refractivity (Wildman–Crippen MR) is 78.8 cm³/mol. The zero-order valence-corrected chi connectivity index (χ0v) is 11.6. The Labute approximate surface area is 116 Å². The Hall–Kier alpha value is -1.46. The summed E-state index contributed by atoms with van der Waals surface area (Å²) in [6.07, 6.45) is 3.05. The topological polar surface area (TPSA) is 56.9 Å². The number of nitrogens with one attached hydrogen (secondary N) is 3. The van der Waals surface area contributed by atoms with Crippen LogP contribution in [0.5, 0.6) is 0 Å². The molecule has 1 amide bonds. The summed E-state index contributed by atoms with van der Waals surface area (Å²) in [6, 6.07) is 8.36. The van der Waals surface area contributed by atoms with Crippen molar-refractivity contribution in [2.45, 2.75) is 17.4 Å². The number of fused-ring (bicyclic) bond motifs is 1. The van der Waals surface area contributed by atoms with Gasteiger partial charge in [0.1, 0.15) is 5.69 Å². The van der Waals surface area contributed by atoms with E-state index in [2.05, 4.69) is 27.8 Å². The van der Waals surface area contributed by atoms with E-state index >= 15 is 0 Å². The number of benzene rings is 1. The Balaban J connectivity index is 1.81. The van der Waals surface area contributed by atoms with Crippen LogP contribution in [0.1, 0.15) is 16.9 Å². The van der Waals surface area contributed by atoms with Gasteiger partial charge in [-0.05, 0) is 37.4 Å². The number of rotatable bonds is 3. The molecule has 0 saturated carbocycles. The van der Waals surface area contributed by atoms with Crippen molar-refractivity contribution in [2.75, 3.05) is 19.3 Å². The molecule has 4 nitrogen and oxygen atoms in total. The Morgan fingerprint density at radius 3 is 3.05 bits per heavy atom. The van der Waals surface area contributed by atoms with Gasteiger partial charge in [-0.25, -0.2) is 0 Å². The maximum atomic E-state index is 12.1. The minimum Gasteiger partial charge on any atom is -0.350 e. The number of thioether (sulfide) groups is 1. The van der Waals surface area contributed by atoms with Crippen LogP contribution in [0.2, 0.25) is 0 Å². The van der Waals surface area contributed by atoms with Gasteiger partial charge in [-0.1, -0.05) is 6.07 Å². The highest BCUT2D eigenvalue weighted by Crippen LogP contribution is 2.22. The molecule has 1 aliphatic heterocycles. The van der Waals surface area contributed by atoms with Gasteiger partial charge in [0.15, 0.2) is 0 Å². The Morgan fingerprint density at radius 1 is 1.42 bits per heavy atom. The second-order valence-electron chi connectivity index (χ2n) is 4.80. The largest absolute Gasteiger partial charge is 0.350 e. The van der Waals surface area contributed by atoms with Gasteiger partial charge in [0.2, 0.25) is 0 Å². The van der Waals surface area contributed by atoms with Gasteiger partial charge in [0.25, 0.3) is 5.91 Å². The van der Waals surface area contributed by atoms with E-state index < -0.39 is 0 Å². The molecule has 0 radical (unpaired) electrons. The summed E-state index contributed by atoms with van der Waals surface area (Å²) in [5.41, 5.74) is 1.65. The van der Waals surface area contributed by atoms with E-state index in [1.807, 2.05) is 18.4 Å². The molecule has 0 bridgehead atoms. The molecule has 3 N–H and O–H groups in total. The molecule has 0 spiro atoms. The first-order chi connectivity index (χ1) is 9.26. The average molecular weight is 275 g/mol. The molecule has 1 fully saturated rings. The van der Waals surface area contributed by atoms with E-state index in [1.165, 1.54) is 4.90 Å². The van der Waals surface area contributed by atoms with Crippen molar-refractivity contribution in [3.8, 4) is 0 Å². The normalized spacial score (nSPS) is 18.9. The lowest BCUT2D eigenvalue weighted by molar-refractivity contribution is 0.0936. The molecule has 100 valence electrons. The molecule has 2 aromatic rings. The third-order valence-corrected chi connectivity index (χ3v) is 4.20. The van der Waals surface area contributed by atoms with Crippen LogP contribution in [-0.2, 0) is 0 Å². The standard InChI is InChI=1S/C14H17N3OS/c1-19-11-3-2-9-6-13(17-12(9)7-11)14(18)16-10-4-5-15-8-10/h2-3,6-7,10,15,17H,4-5,8H2,1H3,(H,16,18). The van der Waals surface area contributed by atoms with Crippen molar-refractivity contribution in [3.63, 3.8) is 0 Å². The summed E-state index contributed by atoms with van der Waals surface area (Å²) in [5.74, 6) is -0.0180. The van der Waals surface area contributed by atoms with E-state index in [9.17, 15) is 4.79 Å². The lowest BCUT2D eigenvalue weighted by atomic mass is 10.2. The summed E-state index contributed by atoms with van der Waals surface area (Å²) in [7, 11) is 0. The number of H-pyrrole nitrogens is 1. The van der Waals surface area contributed by atoms with Gasteiger partial charge in [0, 0.05) is 28.4 Å². The highest BCUT2D eigenvalue weighted by molar-refractivity contribution is 7.98. The minimum atomic E-state index is -0.0180. The zero-order valence-electron chi connectivity index (χ0n) is 10.8. The molecule has 1 aromatic carbocycles. The van der Waals surface area contributed by atoms with Crippen LogP contribution in [0.15, 0.2) is 29.2 Å². The number of amides is 1. The second-order valence-corrected chi connectivity index (χ2v) is 5.68. The SMILES string of the molecule is CSc1ccc2cc(C(=O)NC3CCNC3)[nH]c2c1. The molecule has 2 heterocycles. The first kappa shape index (κ1) is 12.6. The van der Waals surface area contributed by atoms with Crippen molar-refractivity contribution < 1.29 is 4.79 Å². The minimum absolute atomic E-state index is 0.0180. The van der Waals surface area contributed by atoms with E-state index in [1.54, 1.807) is 11.8 Å². The van der Waals surface area contributed by atoms with Gasteiger partial charge in [-0.3, -0.25) is 4.79 Å². The van der Waals surface area contributed by atoms with E-state index in [0.717, 1.165) is 30.4 Å². The summed E-state index contributed by atoms with van der Waals surface area (Å²) in [6.45, 7) is 1.84. The monoisotopic (exact) mass is 275 g/mol. The van der Waals surface area contributed by atoms with Crippen molar-refractivity contribution in [3.05, 3.63) is 30.0 Å². The fourth-order valence-electron chi connectivity index (χ4n) is 2.40. The van der Waals surface area contributed by atoms with E-state index in [-0.39, 0.29) is 11.9 Å². The molecular weight excluding hydrogens is 258 g/mol. The average Bonchev–Trinajstić information content (AvgIpc) is 3.05. The van der Waals surface area contributed by atoms with Crippen molar-refractivity contribution in [1.29, 1.82) is 0 Å². The summed E-state index contributed by atoms with van der Waals surface area (Å²) in [5, 5.41) is 7.37. The molecule has 1 aliphatic rings. The highest BCUT2D eigenvalue weighted by atomic mass is 32.2. The predicted octanol–water partition coefficient (Wildman–Crippen LogP) is 1.98. The van der Waals surface area contributed by atoms with E-state index in [0.29, 0.717) is 5.69 Å². The van der Waals surface area contributed by atoms with Gasteiger partial charge < -0.3 is 15.6 Å². The van der Waals surface area contributed by atoms with Crippen LogP contribution in [0, 0.1) is 0 Å². The first-order valence-electron chi connectivity index (χ1n) is 6.44. The third-order valence-electron chi connectivity index (χ3n) is 3.47. The van der Waals surface area contributed by atoms with Crippen LogP contribution in [0.25, 0.3) is 10.9 Å². The molecule has 1 saturated heterocycles. The molecule has 1 atom stereocenters. The van der Waals surface area contributed by atoms with Crippen molar-refractivity contribution in [2.24, 2.45) is 0 Å². The van der Waals surface area contributed by atoms with Crippen molar-refractivity contribution in [1.82, 2.24) is 15.6 Å². The fourth-order valence-corrected chi connectivity index (χ4v) is 2.84. The first-order valence-corrected chi connectivity index (χ1v) is 7.67. The molecule has 1 unspecified atom stereocenters. The zero-order chi connectivity index (χ0) is 13.2. The number of aromatic nitrogens is 1. The van der Waals surface area contributed by atoms with Gasteiger partial charge in [-0.15, -0.1) is 11.8 Å². The second kappa shape index (κ2) is 5.27. The van der Waals surface area contributed by atoms with Crippen LogP contribution in [-0.4, -0.2) is 36.3 Å². The highest BCUT2D eigenvalue weighted by Gasteiger charge is 2.18. The fraction of sp³-hybridized carbons (Fsp3) is 0.357. The summed E-state index contributed by atoms with van der Waals surface area (Å²) < 4.78 is 0. The van der Waals surface area contributed by atoms with Gasteiger partial charge >= 0.3 is 0 Å². The molecule has 1 aromatic heterocycles. The van der Waals surface area contributed by atoms with Crippen molar-refractivity contribution >= 4 is 28.6 Å². The van der Waals surface area contributed by atoms with E-state index in [4.69, 9.17) is 0 Å². The lowest BCUT2D eigenvalue weighted by Crippen LogP contribution is -2.36. The Morgan fingerprint density at radius 2 is 2.32 bits per heavy atom. The smallest absolute Gasteiger partial charge is 0.267 e. The maximum Gasteiger partial charge on any atom is 0.267 e. The molecular formula is C14H17N3OS. The summed E-state index contributed by atoms with van der Waals surface area (Å²) in [4.78, 5) is 16.5. The number of carbonyl (C=O) groups is 1. The number of hydrogen-bond acceptors (Lipinski definition) is 3. The van der Waals surface area contributed by atoms with Gasteiger partial charge in [-0.2, -0.15) is 0 Å². The Bertz CT molecular complexity index is 602. The summed E-state index contributed by atoms with van der Waals surface area (Å²) >= 11 is 1.70. The van der Waals surface area contributed by atoms with Crippen LogP contribution < -0.4 is 10.6 Å². The van der Waals surface area contributed by atoms with Crippen LogP contribution in [0.3, 0.4) is 0 Å². The molecule has 5 heteroatoms. The lowest BCUT2D eigenvalue weighted by Gasteiger charge is -2.09. The molecule has 19 heavy (non-hydrogen) atoms. The maximum absolute atomic E-state index is 12.1. The molecule has 0 aliphatic carbocycles. The number of aromatic amines is 1. The third kappa shape index (κ3) is 2.62. The quantitative estimate of drug-likeness (QED) is 0.751. The Kier molecular flexibility index (Phi) is 3.48. The van der Waals surface area contributed by atoms with Crippen LogP contribution in [0.4, 0.5) is 0 Å². The van der Waals surface area contributed by atoms with Gasteiger partial charge in [0.05, 0.1) is 0 Å².